The van der Waals surface area contributed by atoms with Gasteiger partial charge in [0, 0.05) is 18.8 Å². The van der Waals surface area contributed by atoms with Crippen molar-refractivity contribution >= 4 is 34.4 Å². The predicted octanol–water partition coefficient (Wildman–Crippen LogP) is 2.81. The molecule has 0 saturated heterocycles. The van der Waals surface area contributed by atoms with Crippen molar-refractivity contribution in [3.63, 3.8) is 0 Å². The zero-order valence-electron chi connectivity index (χ0n) is 14.6. The molecule has 0 unspecified atom stereocenters. The first-order valence-electron chi connectivity index (χ1n) is 8.19. The number of benzene rings is 1. The number of fused-ring (bicyclic) bond motifs is 1. The summed E-state index contributed by atoms with van der Waals surface area (Å²) in [5.74, 6) is 0.275. The summed E-state index contributed by atoms with van der Waals surface area (Å²) in [6.45, 7) is 2.57. The zero-order valence-corrected chi connectivity index (χ0v) is 14.6. The van der Waals surface area contributed by atoms with Crippen molar-refractivity contribution in [1.82, 2.24) is 15.0 Å². The van der Waals surface area contributed by atoms with E-state index in [0.717, 1.165) is 11.4 Å². The van der Waals surface area contributed by atoms with Crippen molar-refractivity contribution in [1.29, 1.82) is 0 Å². The molecule has 0 saturated carbocycles. The molecule has 8 nitrogen and oxygen atoms in total. The summed E-state index contributed by atoms with van der Waals surface area (Å²) >= 11 is 0. The Morgan fingerprint density at radius 2 is 2.04 bits per heavy atom. The molecule has 0 fully saturated rings. The van der Waals surface area contributed by atoms with Gasteiger partial charge in [0.2, 0.25) is 0 Å². The third kappa shape index (κ3) is 3.97. The fourth-order valence-electron chi connectivity index (χ4n) is 2.49. The lowest BCUT2D eigenvalue weighted by molar-refractivity contribution is 0.168. The number of anilines is 3. The second kappa shape index (κ2) is 7.64. The van der Waals surface area contributed by atoms with Gasteiger partial charge in [0.15, 0.2) is 5.65 Å². The summed E-state index contributed by atoms with van der Waals surface area (Å²) in [7, 11) is 1.98. The van der Waals surface area contributed by atoms with Crippen LogP contribution in [-0.2, 0) is 11.3 Å². The van der Waals surface area contributed by atoms with Crippen molar-refractivity contribution in [2.24, 2.45) is 0 Å². The number of carbonyl (C=O) groups excluding carboxylic acids is 1. The molecule has 0 bridgehead atoms. The van der Waals surface area contributed by atoms with E-state index in [0.29, 0.717) is 23.4 Å². The lowest BCUT2D eigenvalue weighted by atomic mass is 10.3. The van der Waals surface area contributed by atoms with E-state index in [4.69, 9.17) is 10.5 Å². The highest BCUT2D eigenvalue weighted by atomic mass is 16.5. The average Bonchev–Trinajstić information content (AvgIpc) is 2.63. The second-order valence-electron chi connectivity index (χ2n) is 5.67. The Kier molecular flexibility index (Phi) is 5.12. The van der Waals surface area contributed by atoms with Crippen LogP contribution in [0.15, 0.2) is 42.6 Å². The summed E-state index contributed by atoms with van der Waals surface area (Å²) in [5.41, 5.74) is 9.16. The number of ether oxygens (including phenoxy) is 1. The number of hydrogen-bond donors (Lipinski definition) is 2. The summed E-state index contributed by atoms with van der Waals surface area (Å²) in [6, 6.07) is 11.5. The largest absolute Gasteiger partial charge is 0.450 e. The standard InChI is InChI=1S/C18H20N6O2/c1-3-26-18(25)23-15-9-14(19)16-17(22-15)20-10-12(21-16)11-24(2)13-7-5-4-6-8-13/h4-10H,3,11H2,1-2H3,(H3,19,20,22,23,25). The molecule has 0 spiro atoms. The Bertz CT molecular complexity index is 916. The van der Waals surface area contributed by atoms with Crippen LogP contribution in [0.25, 0.3) is 11.2 Å². The zero-order chi connectivity index (χ0) is 18.5. The van der Waals surface area contributed by atoms with E-state index in [1.54, 1.807) is 19.2 Å². The first kappa shape index (κ1) is 17.4. The fourth-order valence-corrected chi connectivity index (χ4v) is 2.49. The monoisotopic (exact) mass is 352 g/mol. The van der Waals surface area contributed by atoms with Gasteiger partial charge in [-0.25, -0.2) is 19.7 Å². The second-order valence-corrected chi connectivity index (χ2v) is 5.67. The summed E-state index contributed by atoms with van der Waals surface area (Å²) in [5, 5.41) is 2.52. The van der Waals surface area contributed by atoms with Crippen LogP contribution in [0.1, 0.15) is 12.6 Å². The van der Waals surface area contributed by atoms with Gasteiger partial charge < -0.3 is 15.4 Å². The lowest BCUT2D eigenvalue weighted by Gasteiger charge is -2.18. The fraction of sp³-hybridized carbons (Fsp3) is 0.222. The maximum Gasteiger partial charge on any atom is 0.412 e. The number of nitrogens with two attached hydrogens (primary N) is 1. The molecule has 3 aromatic rings. The third-order valence-corrected chi connectivity index (χ3v) is 3.70. The number of nitrogen functional groups attached to an aromatic ring is 1. The van der Waals surface area contributed by atoms with Gasteiger partial charge in [-0.15, -0.1) is 0 Å². The minimum atomic E-state index is -0.590. The first-order valence-corrected chi connectivity index (χ1v) is 8.19. The number of nitrogens with zero attached hydrogens (tertiary/aromatic N) is 4. The molecule has 0 atom stereocenters. The van der Waals surface area contributed by atoms with Crippen LogP contribution >= 0.6 is 0 Å². The summed E-state index contributed by atoms with van der Waals surface area (Å²) < 4.78 is 4.83. The topological polar surface area (TPSA) is 106 Å². The molecule has 3 rings (SSSR count). The van der Waals surface area contributed by atoms with Gasteiger partial charge in [0.25, 0.3) is 0 Å². The van der Waals surface area contributed by atoms with Crippen molar-refractivity contribution in [2.75, 3.05) is 29.6 Å². The molecular formula is C18H20N6O2. The normalized spacial score (nSPS) is 10.5. The molecule has 0 aliphatic heterocycles. The Morgan fingerprint density at radius 1 is 1.27 bits per heavy atom. The Balaban J connectivity index is 1.82. The van der Waals surface area contributed by atoms with Crippen molar-refractivity contribution in [3.05, 3.63) is 48.3 Å². The maximum absolute atomic E-state index is 11.5. The molecule has 1 amide bonds. The van der Waals surface area contributed by atoms with Crippen molar-refractivity contribution < 1.29 is 9.53 Å². The predicted molar refractivity (Wildman–Crippen MR) is 101 cm³/mol. The van der Waals surface area contributed by atoms with Crippen molar-refractivity contribution in [2.45, 2.75) is 13.5 Å². The van der Waals surface area contributed by atoms with Crippen LogP contribution in [0.5, 0.6) is 0 Å². The molecule has 0 aliphatic carbocycles. The van der Waals surface area contributed by atoms with Gasteiger partial charge in [-0.3, -0.25) is 5.32 Å². The highest BCUT2D eigenvalue weighted by Crippen LogP contribution is 2.21. The average molecular weight is 352 g/mol. The maximum atomic E-state index is 11.5. The van der Waals surface area contributed by atoms with Crippen molar-refractivity contribution in [3.8, 4) is 0 Å². The number of pyridine rings is 1. The number of amides is 1. The van der Waals surface area contributed by atoms with E-state index in [-0.39, 0.29) is 12.4 Å². The molecule has 2 aromatic heterocycles. The number of nitrogens with one attached hydrogen (secondary N) is 1. The number of hydrogen-bond acceptors (Lipinski definition) is 7. The van der Waals surface area contributed by atoms with E-state index in [1.807, 2.05) is 37.4 Å². The number of rotatable bonds is 5. The number of aromatic nitrogens is 3. The Labute approximate surface area is 151 Å². The molecule has 3 N–H and O–H groups in total. The van der Waals surface area contributed by atoms with Gasteiger partial charge >= 0.3 is 6.09 Å². The molecule has 1 aromatic carbocycles. The quantitative estimate of drug-likeness (QED) is 0.727. The summed E-state index contributed by atoms with van der Waals surface area (Å²) in [4.78, 5) is 26.7. The number of carbonyl (C=O) groups is 1. The van der Waals surface area contributed by atoms with E-state index in [1.165, 1.54) is 0 Å². The van der Waals surface area contributed by atoms with Crippen LogP contribution in [0.2, 0.25) is 0 Å². The molecule has 134 valence electrons. The molecule has 8 heteroatoms. The van der Waals surface area contributed by atoms with Gasteiger partial charge in [0.05, 0.1) is 30.7 Å². The smallest absolute Gasteiger partial charge is 0.412 e. The molecule has 0 radical (unpaired) electrons. The molecular weight excluding hydrogens is 332 g/mol. The van der Waals surface area contributed by atoms with Gasteiger partial charge in [0.1, 0.15) is 11.3 Å². The number of para-hydroxylation sites is 1. The molecule has 0 aliphatic rings. The van der Waals surface area contributed by atoms with Crippen LogP contribution in [0, 0.1) is 0 Å². The first-order chi connectivity index (χ1) is 12.6. The Hall–Kier alpha value is -3.42. The van der Waals surface area contributed by atoms with Gasteiger partial charge in [-0.05, 0) is 19.1 Å². The van der Waals surface area contributed by atoms with Crippen LogP contribution < -0.4 is 16.0 Å². The van der Waals surface area contributed by atoms with Crippen LogP contribution in [-0.4, -0.2) is 34.7 Å². The molecule has 2 heterocycles. The van der Waals surface area contributed by atoms with E-state index >= 15 is 0 Å². The lowest BCUT2D eigenvalue weighted by Crippen LogP contribution is -2.18. The van der Waals surface area contributed by atoms with Crippen LogP contribution in [0.3, 0.4) is 0 Å². The van der Waals surface area contributed by atoms with Crippen LogP contribution in [0.4, 0.5) is 22.0 Å². The van der Waals surface area contributed by atoms with E-state index in [2.05, 4.69) is 25.2 Å². The van der Waals surface area contributed by atoms with E-state index in [9.17, 15) is 4.79 Å². The van der Waals surface area contributed by atoms with Gasteiger partial charge in [-0.2, -0.15) is 0 Å². The Morgan fingerprint density at radius 3 is 2.77 bits per heavy atom. The highest BCUT2D eigenvalue weighted by molar-refractivity contribution is 5.90. The minimum Gasteiger partial charge on any atom is -0.450 e. The molecule has 26 heavy (non-hydrogen) atoms. The van der Waals surface area contributed by atoms with E-state index < -0.39 is 6.09 Å². The third-order valence-electron chi connectivity index (χ3n) is 3.70. The SMILES string of the molecule is CCOC(=O)Nc1cc(N)c2nc(CN(C)c3ccccc3)cnc2n1. The highest BCUT2D eigenvalue weighted by Gasteiger charge is 2.11. The minimum absolute atomic E-state index is 0.271. The summed E-state index contributed by atoms with van der Waals surface area (Å²) in [6.07, 6.45) is 1.07. The van der Waals surface area contributed by atoms with Gasteiger partial charge in [-0.1, -0.05) is 18.2 Å².